The summed E-state index contributed by atoms with van der Waals surface area (Å²) in [5, 5.41) is 0.509. The molecule has 1 fully saturated rings. The number of benzene rings is 2. The van der Waals surface area contributed by atoms with E-state index in [-0.39, 0.29) is 24.2 Å². The highest BCUT2D eigenvalue weighted by molar-refractivity contribution is 6.31. The maximum absolute atomic E-state index is 12.7. The Morgan fingerprint density at radius 3 is 2.58 bits per heavy atom. The average molecular weight is 343 g/mol. The van der Waals surface area contributed by atoms with Gasteiger partial charge in [-0.1, -0.05) is 29.8 Å². The van der Waals surface area contributed by atoms with E-state index in [1.165, 1.54) is 4.90 Å². The second kappa shape index (κ2) is 6.65. The molecule has 1 aliphatic rings. The molecule has 3 rings (SSSR count). The van der Waals surface area contributed by atoms with Gasteiger partial charge in [0.25, 0.3) is 0 Å². The summed E-state index contributed by atoms with van der Waals surface area (Å²) in [4.78, 5) is 28.3. The zero-order valence-electron chi connectivity index (χ0n) is 13.7. The Morgan fingerprint density at radius 2 is 1.88 bits per heavy atom. The lowest BCUT2D eigenvalue weighted by atomic mass is 9.97. The van der Waals surface area contributed by atoms with E-state index in [1.807, 2.05) is 37.2 Å². The fourth-order valence-electron chi connectivity index (χ4n) is 2.99. The molecule has 0 bridgehead atoms. The second-order valence-electron chi connectivity index (χ2n) is 6.22. The van der Waals surface area contributed by atoms with Crippen LogP contribution in [0.25, 0.3) is 0 Å². The van der Waals surface area contributed by atoms with Gasteiger partial charge in [-0.15, -0.1) is 0 Å². The van der Waals surface area contributed by atoms with Crippen LogP contribution in [0.5, 0.6) is 0 Å². The van der Waals surface area contributed by atoms with E-state index in [0.717, 1.165) is 11.3 Å². The van der Waals surface area contributed by atoms with E-state index < -0.39 is 0 Å². The zero-order valence-corrected chi connectivity index (χ0v) is 14.5. The highest BCUT2D eigenvalue weighted by Crippen LogP contribution is 2.30. The van der Waals surface area contributed by atoms with E-state index in [4.69, 9.17) is 11.6 Å². The van der Waals surface area contributed by atoms with Gasteiger partial charge in [-0.25, -0.2) is 0 Å². The number of anilines is 2. The van der Waals surface area contributed by atoms with E-state index in [1.54, 1.807) is 24.3 Å². The van der Waals surface area contributed by atoms with Gasteiger partial charge in [0.05, 0.1) is 11.6 Å². The molecule has 0 radical (unpaired) electrons. The van der Waals surface area contributed by atoms with Gasteiger partial charge < -0.3 is 4.90 Å². The number of rotatable bonds is 4. The number of carbonyl (C=O) groups is 2. The summed E-state index contributed by atoms with van der Waals surface area (Å²) < 4.78 is 0. The Balaban J connectivity index is 1.80. The van der Waals surface area contributed by atoms with Crippen molar-refractivity contribution in [1.29, 1.82) is 0 Å². The van der Waals surface area contributed by atoms with Crippen LogP contribution in [0.2, 0.25) is 5.02 Å². The van der Waals surface area contributed by atoms with Crippen molar-refractivity contribution in [2.45, 2.75) is 12.8 Å². The maximum atomic E-state index is 12.7. The molecule has 1 atom stereocenters. The molecule has 1 unspecified atom stereocenters. The first-order chi connectivity index (χ1) is 11.5. The van der Waals surface area contributed by atoms with Gasteiger partial charge >= 0.3 is 0 Å². The SMILES string of the molecule is CN(C)c1cccc(CC2CC(=O)N(c3cccc(Cl)c3)C2=O)c1. The molecule has 1 saturated heterocycles. The summed E-state index contributed by atoms with van der Waals surface area (Å²) in [6.07, 6.45) is 0.793. The highest BCUT2D eigenvalue weighted by Gasteiger charge is 2.39. The van der Waals surface area contributed by atoms with Gasteiger partial charge in [0.15, 0.2) is 0 Å². The first-order valence-electron chi connectivity index (χ1n) is 7.84. The topological polar surface area (TPSA) is 40.6 Å². The first-order valence-corrected chi connectivity index (χ1v) is 8.22. The van der Waals surface area contributed by atoms with Gasteiger partial charge in [0.2, 0.25) is 11.8 Å². The van der Waals surface area contributed by atoms with Crippen LogP contribution in [0.15, 0.2) is 48.5 Å². The summed E-state index contributed by atoms with van der Waals surface area (Å²) in [6, 6.07) is 14.9. The highest BCUT2D eigenvalue weighted by atomic mass is 35.5. The van der Waals surface area contributed by atoms with Crippen molar-refractivity contribution in [1.82, 2.24) is 0 Å². The predicted molar refractivity (Wildman–Crippen MR) is 96.5 cm³/mol. The van der Waals surface area contributed by atoms with Crippen molar-refractivity contribution in [3.8, 4) is 0 Å². The lowest BCUT2D eigenvalue weighted by Gasteiger charge is -2.16. The van der Waals surface area contributed by atoms with Gasteiger partial charge in [0, 0.05) is 31.2 Å². The Bertz CT molecular complexity index is 788. The predicted octanol–water partition coefficient (Wildman–Crippen LogP) is 3.53. The molecule has 0 saturated carbocycles. The number of nitrogens with zero attached hydrogens (tertiary/aromatic N) is 2. The van der Waals surface area contributed by atoms with Crippen molar-refractivity contribution in [3.63, 3.8) is 0 Å². The third-order valence-electron chi connectivity index (χ3n) is 4.22. The average Bonchev–Trinajstić information content (AvgIpc) is 2.81. The Labute approximate surface area is 146 Å². The third-order valence-corrected chi connectivity index (χ3v) is 4.45. The minimum Gasteiger partial charge on any atom is -0.378 e. The Morgan fingerprint density at radius 1 is 1.12 bits per heavy atom. The van der Waals surface area contributed by atoms with Gasteiger partial charge in [0.1, 0.15) is 0 Å². The lowest BCUT2D eigenvalue weighted by Crippen LogP contribution is -2.30. The number of hydrogen-bond acceptors (Lipinski definition) is 3. The van der Waals surface area contributed by atoms with Crippen LogP contribution >= 0.6 is 11.6 Å². The molecular formula is C19H19ClN2O2. The van der Waals surface area contributed by atoms with Gasteiger partial charge in [-0.05, 0) is 42.3 Å². The molecule has 5 heteroatoms. The number of hydrogen-bond donors (Lipinski definition) is 0. The number of amides is 2. The van der Waals surface area contributed by atoms with E-state index in [0.29, 0.717) is 17.1 Å². The first kappa shape index (κ1) is 16.5. The molecule has 0 aromatic heterocycles. The minimum absolute atomic E-state index is 0.155. The maximum Gasteiger partial charge on any atom is 0.237 e. The Hall–Kier alpha value is -2.33. The molecule has 0 N–H and O–H groups in total. The number of carbonyl (C=O) groups excluding carboxylic acids is 2. The van der Waals surface area contributed by atoms with E-state index in [2.05, 4.69) is 6.07 Å². The molecule has 4 nitrogen and oxygen atoms in total. The molecule has 124 valence electrons. The van der Waals surface area contributed by atoms with Crippen molar-refractivity contribution in [2.24, 2.45) is 5.92 Å². The summed E-state index contributed by atoms with van der Waals surface area (Å²) in [6.45, 7) is 0. The van der Waals surface area contributed by atoms with Crippen molar-refractivity contribution in [3.05, 3.63) is 59.1 Å². The molecular weight excluding hydrogens is 324 g/mol. The molecule has 24 heavy (non-hydrogen) atoms. The minimum atomic E-state index is -0.325. The number of imide groups is 1. The van der Waals surface area contributed by atoms with Gasteiger partial charge in [-0.2, -0.15) is 0 Å². The van der Waals surface area contributed by atoms with Crippen LogP contribution in [-0.4, -0.2) is 25.9 Å². The number of halogens is 1. The summed E-state index contributed by atoms with van der Waals surface area (Å²) >= 11 is 5.98. The van der Waals surface area contributed by atoms with Gasteiger partial charge in [-0.3, -0.25) is 14.5 Å². The monoisotopic (exact) mass is 342 g/mol. The van der Waals surface area contributed by atoms with Crippen LogP contribution in [0.4, 0.5) is 11.4 Å². The van der Waals surface area contributed by atoms with E-state index in [9.17, 15) is 9.59 Å². The van der Waals surface area contributed by atoms with Crippen molar-refractivity contribution < 1.29 is 9.59 Å². The molecule has 2 amide bonds. The zero-order chi connectivity index (χ0) is 17.3. The fraction of sp³-hybridized carbons (Fsp3) is 0.263. The summed E-state index contributed by atoms with van der Waals surface area (Å²) in [7, 11) is 3.95. The van der Waals surface area contributed by atoms with Crippen LogP contribution in [0.3, 0.4) is 0 Å². The summed E-state index contributed by atoms with van der Waals surface area (Å²) in [5.41, 5.74) is 2.68. The molecule has 1 heterocycles. The van der Waals surface area contributed by atoms with Crippen molar-refractivity contribution in [2.75, 3.05) is 23.9 Å². The standard InChI is InChI=1S/C19H19ClN2O2/c1-21(2)16-7-3-5-13(10-16)9-14-11-18(23)22(19(14)24)17-8-4-6-15(20)12-17/h3-8,10,12,14H,9,11H2,1-2H3. The largest absolute Gasteiger partial charge is 0.378 e. The molecule has 0 spiro atoms. The quantitative estimate of drug-likeness (QED) is 0.798. The normalized spacial score (nSPS) is 17.5. The third kappa shape index (κ3) is 3.29. The smallest absolute Gasteiger partial charge is 0.237 e. The molecule has 0 aliphatic carbocycles. The fourth-order valence-corrected chi connectivity index (χ4v) is 3.17. The van der Waals surface area contributed by atoms with Crippen LogP contribution < -0.4 is 9.80 Å². The van der Waals surface area contributed by atoms with Crippen LogP contribution in [0.1, 0.15) is 12.0 Å². The lowest BCUT2D eigenvalue weighted by molar-refractivity contribution is -0.122. The van der Waals surface area contributed by atoms with Crippen molar-refractivity contribution >= 4 is 34.8 Å². The molecule has 2 aromatic carbocycles. The summed E-state index contributed by atoms with van der Waals surface area (Å²) in [5.74, 6) is -0.651. The van der Waals surface area contributed by atoms with Crippen LogP contribution in [-0.2, 0) is 16.0 Å². The van der Waals surface area contributed by atoms with E-state index >= 15 is 0 Å². The second-order valence-corrected chi connectivity index (χ2v) is 6.65. The molecule has 1 aliphatic heterocycles. The Kier molecular flexibility index (Phi) is 4.58. The van der Waals surface area contributed by atoms with Crippen LogP contribution in [0, 0.1) is 5.92 Å². The molecule has 2 aromatic rings.